The van der Waals surface area contributed by atoms with Crippen molar-refractivity contribution in [1.82, 2.24) is 0 Å². The Balaban J connectivity index is 2.41. The van der Waals surface area contributed by atoms with Crippen molar-refractivity contribution in [2.75, 3.05) is 10.5 Å². The van der Waals surface area contributed by atoms with Crippen molar-refractivity contribution in [2.24, 2.45) is 0 Å². The Hall–Kier alpha value is -1.60. The van der Waals surface area contributed by atoms with E-state index in [4.69, 9.17) is 5.73 Å². The Labute approximate surface area is 125 Å². The monoisotopic (exact) mass is 358 g/mol. The molecule has 0 bridgehead atoms. The molecule has 3 N–H and O–H groups in total. The summed E-state index contributed by atoms with van der Waals surface area (Å²) >= 11 is 3.19. The van der Waals surface area contributed by atoms with Crippen LogP contribution >= 0.6 is 15.9 Å². The van der Waals surface area contributed by atoms with E-state index in [1.54, 1.807) is 6.07 Å². The molecule has 0 fully saturated rings. The molecule has 0 saturated heterocycles. The summed E-state index contributed by atoms with van der Waals surface area (Å²) in [7, 11) is -3.81. The van der Waals surface area contributed by atoms with Crippen molar-refractivity contribution in [1.29, 1.82) is 0 Å². The zero-order valence-electron chi connectivity index (χ0n) is 10.5. The van der Waals surface area contributed by atoms with Gasteiger partial charge in [0.2, 0.25) is 0 Å². The van der Waals surface area contributed by atoms with Crippen molar-refractivity contribution in [2.45, 2.75) is 11.8 Å². The highest BCUT2D eigenvalue weighted by Crippen LogP contribution is 2.25. The lowest BCUT2D eigenvalue weighted by molar-refractivity contribution is 0.600. The van der Waals surface area contributed by atoms with Crippen molar-refractivity contribution < 1.29 is 12.8 Å². The van der Waals surface area contributed by atoms with Gasteiger partial charge in [0.25, 0.3) is 10.0 Å². The van der Waals surface area contributed by atoms with Crippen LogP contribution in [0.1, 0.15) is 5.56 Å². The topological polar surface area (TPSA) is 72.2 Å². The summed E-state index contributed by atoms with van der Waals surface area (Å²) in [4.78, 5) is 0.0156. The van der Waals surface area contributed by atoms with E-state index < -0.39 is 15.8 Å². The second kappa shape index (κ2) is 5.41. The van der Waals surface area contributed by atoms with Crippen LogP contribution in [0, 0.1) is 12.7 Å². The number of halogens is 2. The highest BCUT2D eigenvalue weighted by molar-refractivity contribution is 9.10. The Morgan fingerprint density at radius 2 is 1.95 bits per heavy atom. The van der Waals surface area contributed by atoms with Gasteiger partial charge in [-0.05, 0) is 53.2 Å². The van der Waals surface area contributed by atoms with Gasteiger partial charge in [-0.3, -0.25) is 4.72 Å². The summed E-state index contributed by atoms with van der Waals surface area (Å²) < 4.78 is 40.8. The highest BCUT2D eigenvalue weighted by Gasteiger charge is 2.17. The molecular weight excluding hydrogens is 347 g/mol. The molecule has 106 valence electrons. The van der Waals surface area contributed by atoms with Crippen LogP contribution in [-0.2, 0) is 10.0 Å². The molecule has 20 heavy (non-hydrogen) atoms. The van der Waals surface area contributed by atoms with Crippen molar-refractivity contribution in [3.05, 3.63) is 52.3 Å². The highest BCUT2D eigenvalue weighted by atomic mass is 79.9. The number of hydrogen-bond acceptors (Lipinski definition) is 3. The van der Waals surface area contributed by atoms with Gasteiger partial charge >= 0.3 is 0 Å². The van der Waals surface area contributed by atoms with Gasteiger partial charge < -0.3 is 5.73 Å². The summed E-state index contributed by atoms with van der Waals surface area (Å²) in [5.41, 5.74) is 6.41. The average Bonchev–Trinajstić information content (AvgIpc) is 2.38. The molecule has 0 atom stereocenters. The summed E-state index contributed by atoms with van der Waals surface area (Å²) in [6.07, 6.45) is 0. The van der Waals surface area contributed by atoms with Crippen LogP contribution in [0.4, 0.5) is 15.8 Å². The Kier molecular flexibility index (Phi) is 4.01. The molecule has 0 aliphatic rings. The maximum Gasteiger partial charge on any atom is 0.261 e. The van der Waals surface area contributed by atoms with Crippen molar-refractivity contribution >= 4 is 37.3 Å². The second-order valence-electron chi connectivity index (χ2n) is 4.20. The zero-order valence-corrected chi connectivity index (χ0v) is 12.9. The third kappa shape index (κ3) is 2.94. The molecule has 0 spiro atoms. The minimum Gasteiger partial charge on any atom is -0.398 e. The van der Waals surface area contributed by atoms with E-state index in [-0.39, 0.29) is 16.1 Å². The fourth-order valence-electron chi connectivity index (χ4n) is 1.61. The molecule has 0 heterocycles. The normalized spacial score (nSPS) is 11.3. The summed E-state index contributed by atoms with van der Waals surface area (Å²) in [6, 6.07) is 8.50. The number of nitrogen functional groups attached to an aromatic ring is 1. The lowest BCUT2D eigenvalue weighted by atomic mass is 10.2. The minimum atomic E-state index is -3.81. The Morgan fingerprint density at radius 1 is 1.25 bits per heavy atom. The molecule has 7 heteroatoms. The van der Waals surface area contributed by atoms with Crippen LogP contribution in [0.25, 0.3) is 0 Å². The fourth-order valence-corrected chi connectivity index (χ4v) is 3.02. The first kappa shape index (κ1) is 14.8. The standard InChI is InChI=1S/C13H12BrFN2O2S/c1-8-11(15)3-2-4-13(8)17-20(18,19)9-5-6-10(14)12(16)7-9/h2-7,17H,16H2,1H3. The molecule has 2 rings (SSSR count). The molecule has 0 aliphatic heterocycles. The van der Waals surface area contributed by atoms with Crippen LogP contribution in [-0.4, -0.2) is 8.42 Å². The van der Waals surface area contributed by atoms with Crippen molar-refractivity contribution in [3.63, 3.8) is 0 Å². The number of benzene rings is 2. The average molecular weight is 359 g/mol. The lowest BCUT2D eigenvalue weighted by Gasteiger charge is -2.11. The van der Waals surface area contributed by atoms with Gasteiger partial charge in [0.15, 0.2) is 0 Å². The molecular formula is C13H12BrFN2O2S. The third-order valence-corrected chi connectivity index (χ3v) is 4.88. The van der Waals surface area contributed by atoms with Crippen LogP contribution in [0.15, 0.2) is 45.8 Å². The molecule has 0 aliphatic carbocycles. The first-order valence-corrected chi connectivity index (χ1v) is 7.92. The molecule has 2 aromatic carbocycles. The Bertz CT molecular complexity index is 763. The molecule has 0 aromatic heterocycles. The van der Waals surface area contributed by atoms with E-state index in [1.165, 1.54) is 37.3 Å². The molecule has 0 unspecified atom stereocenters. The second-order valence-corrected chi connectivity index (χ2v) is 6.74. The summed E-state index contributed by atoms with van der Waals surface area (Å²) in [5, 5.41) is 0. The zero-order chi connectivity index (χ0) is 14.9. The van der Waals surface area contributed by atoms with Gasteiger partial charge in [-0.2, -0.15) is 0 Å². The number of nitrogens with one attached hydrogen (secondary N) is 1. The van der Waals surface area contributed by atoms with Crippen LogP contribution < -0.4 is 10.5 Å². The van der Waals surface area contributed by atoms with Crippen LogP contribution in [0.2, 0.25) is 0 Å². The van der Waals surface area contributed by atoms with Crippen molar-refractivity contribution in [3.8, 4) is 0 Å². The molecule has 0 radical (unpaired) electrons. The number of rotatable bonds is 3. The number of nitrogens with two attached hydrogens (primary N) is 1. The molecule has 2 aromatic rings. The molecule has 4 nitrogen and oxygen atoms in total. The first-order chi connectivity index (χ1) is 9.31. The van der Waals surface area contributed by atoms with E-state index in [0.29, 0.717) is 10.2 Å². The summed E-state index contributed by atoms with van der Waals surface area (Å²) in [5.74, 6) is -0.472. The quantitative estimate of drug-likeness (QED) is 0.827. The van der Waals surface area contributed by atoms with Gasteiger partial charge in [0, 0.05) is 15.7 Å². The SMILES string of the molecule is Cc1c(F)cccc1NS(=O)(=O)c1ccc(Br)c(N)c1. The third-order valence-electron chi connectivity index (χ3n) is 2.79. The Morgan fingerprint density at radius 3 is 2.60 bits per heavy atom. The maximum absolute atomic E-state index is 13.4. The van der Waals surface area contributed by atoms with E-state index in [1.807, 2.05) is 0 Å². The largest absolute Gasteiger partial charge is 0.398 e. The predicted octanol–water partition coefficient (Wildman–Crippen LogP) is 3.28. The maximum atomic E-state index is 13.4. The summed E-state index contributed by atoms with van der Waals surface area (Å²) in [6.45, 7) is 1.50. The number of hydrogen-bond donors (Lipinski definition) is 2. The predicted molar refractivity (Wildman–Crippen MR) is 80.5 cm³/mol. The molecule has 0 saturated carbocycles. The van der Waals surface area contributed by atoms with Crippen LogP contribution in [0.3, 0.4) is 0 Å². The number of anilines is 2. The fraction of sp³-hybridized carbons (Fsp3) is 0.0769. The molecule has 0 amide bonds. The minimum absolute atomic E-state index is 0.0156. The van der Waals surface area contributed by atoms with Gasteiger partial charge in [-0.15, -0.1) is 0 Å². The van der Waals surface area contributed by atoms with Gasteiger partial charge in [-0.25, -0.2) is 12.8 Å². The smallest absolute Gasteiger partial charge is 0.261 e. The van der Waals surface area contributed by atoms with E-state index in [0.717, 1.165) is 0 Å². The lowest BCUT2D eigenvalue weighted by Crippen LogP contribution is -2.14. The van der Waals surface area contributed by atoms with Crippen LogP contribution in [0.5, 0.6) is 0 Å². The van der Waals surface area contributed by atoms with E-state index in [9.17, 15) is 12.8 Å². The van der Waals surface area contributed by atoms with E-state index >= 15 is 0 Å². The van der Waals surface area contributed by atoms with Gasteiger partial charge in [0.1, 0.15) is 5.82 Å². The first-order valence-electron chi connectivity index (χ1n) is 5.64. The van der Waals surface area contributed by atoms with Gasteiger partial charge in [0.05, 0.1) is 10.6 Å². The van der Waals surface area contributed by atoms with E-state index in [2.05, 4.69) is 20.7 Å². The van der Waals surface area contributed by atoms with Gasteiger partial charge in [-0.1, -0.05) is 6.07 Å². The number of sulfonamides is 1.